The van der Waals surface area contributed by atoms with Gasteiger partial charge in [-0.05, 0) is 44.9 Å². The van der Waals surface area contributed by atoms with Crippen molar-refractivity contribution >= 4 is 17.0 Å². The highest BCUT2D eigenvalue weighted by Gasteiger charge is 2.23. The number of aromatic nitrogens is 2. The molecule has 0 spiro atoms. The fourth-order valence-electron chi connectivity index (χ4n) is 4.25. The lowest BCUT2D eigenvalue weighted by Crippen LogP contribution is -2.38. The molecule has 1 saturated heterocycles. The van der Waals surface area contributed by atoms with Crippen LogP contribution in [0.25, 0.3) is 11.1 Å². The van der Waals surface area contributed by atoms with E-state index in [4.69, 9.17) is 8.83 Å². The maximum absolute atomic E-state index is 12.8. The predicted molar refractivity (Wildman–Crippen MR) is 112 cm³/mol. The highest BCUT2D eigenvalue weighted by Crippen LogP contribution is 2.23. The zero-order valence-corrected chi connectivity index (χ0v) is 17.7. The number of hydrogen-bond donors (Lipinski definition) is 1. The molecular weight excluding hydrogens is 384 g/mol. The van der Waals surface area contributed by atoms with Crippen LogP contribution < -0.4 is 10.9 Å². The molecular formula is C22H28N4O4. The number of aryl methyl sites for hydroxylation is 2. The van der Waals surface area contributed by atoms with E-state index in [0.717, 1.165) is 25.3 Å². The summed E-state index contributed by atoms with van der Waals surface area (Å²) in [7, 11) is 1.59. The smallest absolute Gasteiger partial charge is 0.265 e. The second-order valence-corrected chi connectivity index (χ2v) is 7.95. The number of hydrogen-bond acceptors (Lipinski definition) is 6. The fraction of sp³-hybridized carbons (Fsp3) is 0.500. The van der Waals surface area contributed by atoms with E-state index >= 15 is 0 Å². The number of nitrogens with one attached hydrogen (secondary N) is 1. The Hall–Kier alpha value is -2.87. The number of likely N-dealkylation sites (tertiary alicyclic amines) is 1. The van der Waals surface area contributed by atoms with E-state index in [-0.39, 0.29) is 34.7 Å². The summed E-state index contributed by atoms with van der Waals surface area (Å²) in [4.78, 5) is 31.8. The minimum Gasteiger partial charge on any atom is -0.463 e. The largest absolute Gasteiger partial charge is 0.463 e. The normalized spacial score (nSPS) is 17.5. The van der Waals surface area contributed by atoms with Gasteiger partial charge in [-0.3, -0.25) is 14.5 Å². The number of furan rings is 2. The van der Waals surface area contributed by atoms with Crippen LogP contribution >= 0.6 is 0 Å². The number of nitrogens with zero attached hydrogens (tertiary/aromatic N) is 3. The number of piperidine rings is 1. The molecule has 1 fully saturated rings. The van der Waals surface area contributed by atoms with Crippen LogP contribution in [0, 0.1) is 6.92 Å². The van der Waals surface area contributed by atoms with E-state index in [2.05, 4.69) is 22.1 Å². The zero-order valence-electron chi connectivity index (χ0n) is 17.7. The minimum atomic E-state index is -0.378. The number of fused-ring (bicyclic) bond motifs is 1. The van der Waals surface area contributed by atoms with Crippen LogP contribution in [-0.2, 0) is 20.1 Å². The maximum Gasteiger partial charge on any atom is 0.265 e. The van der Waals surface area contributed by atoms with Gasteiger partial charge < -0.3 is 18.7 Å². The second kappa shape index (κ2) is 8.47. The van der Waals surface area contributed by atoms with Crippen molar-refractivity contribution in [3.05, 3.63) is 51.7 Å². The third-order valence-electron chi connectivity index (χ3n) is 5.89. The van der Waals surface area contributed by atoms with Gasteiger partial charge in [0, 0.05) is 13.1 Å². The topological polar surface area (TPSA) is 93.5 Å². The highest BCUT2D eigenvalue weighted by molar-refractivity contribution is 6.06. The maximum atomic E-state index is 12.8. The summed E-state index contributed by atoms with van der Waals surface area (Å²) >= 11 is 0. The van der Waals surface area contributed by atoms with Crippen LogP contribution in [0.15, 0.2) is 32.1 Å². The van der Waals surface area contributed by atoms with Gasteiger partial charge in [-0.15, -0.1) is 0 Å². The fourth-order valence-corrected chi connectivity index (χ4v) is 4.25. The first-order valence-electron chi connectivity index (χ1n) is 10.5. The van der Waals surface area contributed by atoms with E-state index in [9.17, 15) is 9.59 Å². The van der Waals surface area contributed by atoms with Crippen LogP contribution in [0.1, 0.15) is 60.2 Å². The van der Waals surface area contributed by atoms with Crippen LogP contribution in [0.3, 0.4) is 0 Å². The van der Waals surface area contributed by atoms with Crippen molar-refractivity contribution in [1.29, 1.82) is 0 Å². The molecule has 1 aliphatic rings. The lowest BCUT2D eigenvalue weighted by Gasteiger charge is -2.34. The molecule has 1 aliphatic heterocycles. The van der Waals surface area contributed by atoms with Gasteiger partial charge in [0.1, 0.15) is 29.0 Å². The van der Waals surface area contributed by atoms with E-state index in [0.29, 0.717) is 17.6 Å². The van der Waals surface area contributed by atoms with Crippen LogP contribution in [-0.4, -0.2) is 32.9 Å². The van der Waals surface area contributed by atoms with Gasteiger partial charge in [0.25, 0.3) is 11.5 Å². The molecule has 0 saturated carbocycles. The summed E-state index contributed by atoms with van der Waals surface area (Å²) in [6, 6.07) is 4.48. The van der Waals surface area contributed by atoms with Crippen molar-refractivity contribution in [3.63, 3.8) is 0 Å². The van der Waals surface area contributed by atoms with E-state index in [1.165, 1.54) is 30.2 Å². The lowest BCUT2D eigenvalue weighted by molar-refractivity contribution is 0.0946. The predicted octanol–water partition coefficient (Wildman–Crippen LogP) is 3.12. The molecule has 3 aromatic rings. The van der Waals surface area contributed by atoms with Crippen LogP contribution in [0.5, 0.6) is 0 Å². The van der Waals surface area contributed by atoms with Gasteiger partial charge in [0.2, 0.25) is 5.71 Å². The SMILES string of the molecule is CC[C@@H]1CCCCN1Cc1ccc(CNC(=O)c2c(C)oc3ncn(C)c(=O)c23)o1. The van der Waals surface area contributed by atoms with Crippen molar-refractivity contribution in [2.45, 2.75) is 58.7 Å². The van der Waals surface area contributed by atoms with Crippen molar-refractivity contribution in [1.82, 2.24) is 19.8 Å². The van der Waals surface area contributed by atoms with Crippen molar-refractivity contribution in [2.75, 3.05) is 6.54 Å². The van der Waals surface area contributed by atoms with Gasteiger partial charge >= 0.3 is 0 Å². The number of carbonyl (C=O) groups is 1. The van der Waals surface area contributed by atoms with Crippen molar-refractivity contribution < 1.29 is 13.6 Å². The first-order valence-corrected chi connectivity index (χ1v) is 10.5. The minimum absolute atomic E-state index is 0.174. The average Bonchev–Trinajstić information content (AvgIpc) is 3.33. The number of amides is 1. The Bertz CT molecular complexity index is 1110. The Balaban J connectivity index is 1.44. The molecule has 0 unspecified atom stereocenters. The molecule has 0 bridgehead atoms. The first-order chi connectivity index (χ1) is 14.5. The van der Waals surface area contributed by atoms with E-state index in [1.807, 2.05) is 12.1 Å². The summed E-state index contributed by atoms with van der Waals surface area (Å²) in [5.41, 5.74) is 0.0897. The standard InChI is InChI=1S/C22H28N4O4/c1-4-15-7-5-6-10-26(15)12-17-9-8-16(30-17)11-23-20(27)18-14(2)29-21-19(18)22(28)25(3)13-24-21/h8-9,13,15H,4-7,10-12H2,1-3H3,(H,23,27)/t15-/m1/s1. The first kappa shape index (κ1) is 20.4. The molecule has 0 radical (unpaired) electrons. The van der Waals surface area contributed by atoms with E-state index < -0.39 is 0 Å². The Kier molecular flexibility index (Phi) is 5.76. The quantitative estimate of drug-likeness (QED) is 0.669. The van der Waals surface area contributed by atoms with Gasteiger partial charge in [-0.25, -0.2) is 4.98 Å². The third-order valence-corrected chi connectivity index (χ3v) is 5.89. The van der Waals surface area contributed by atoms with Crippen LogP contribution in [0.4, 0.5) is 0 Å². The van der Waals surface area contributed by atoms with Gasteiger partial charge in [0.05, 0.1) is 18.7 Å². The monoisotopic (exact) mass is 412 g/mol. The Morgan fingerprint density at radius 1 is 1.27 bits per heavy atom. The Morgan fingerprint density at radius 2 is 2.07 bits per heavy atom. The molecule has 1 N–H and O–H groups in total. The van der Waals surface area contributed by atoms with Crippen LogP contribution in [0.2, 0.25) is 0 Å². The summed E-state index contributed by atoms with van der Waals surface area (Å²) in [6.45, 7) is 6.02. The van der Waals surface area contributed by atoms with Crippen molar-refractivity contribution in [3.8, 4) is 0 Å². The summed E-state index contributed by atoms with van der Waals surface area (Å²) < 4.78 is 12.8. The number of carbonyl (C=O) groups excluding carboxylic acids is 1. The van der Waals surface area contributed by atoms with Gasteiger partial charge in [-0.1, -0.05) is 13.3 Å². The molecule has 0 aliphatic carbocycles. The van der Waals surface area contributed by atoms with E-state index in [1.54, 1.807) is 14.0 Å². The van der Waals surface area contributed by atoms with Gasteiger partial charge in [0.15, 0.2) is 0 Å². The summed E-state index contributed by atoms with van der Waals surface area (Å²) in [6.07, 6.45) is 6.30. The molecule has 30 heavy (non-hydrogen) atoms. The van der Waals surface area contributed by atoms with Gasteiger partial charge in [-0.2, -0.15) is 0 Å². The molecule has 1 atom stereocenters. The molecule has 1 amide bonds. The Labute approximate surface area is 174 Å². The molecule has 160 valence electrons. The molecule has 4 rings (SSSR count). The summed E-state index contributed by atoms with van der Waals surface area (Å²) in [5, 5.41) is 3.04. The third kappa shape index (κ3) is 3.92. The average molecular weight is 412 g/mol. The van der Waals surface area contributed by atoms with Crippen molar-refractivity contribution in [2.24, 2.45) is 7.05 Å². The zero-order chi connectivity index (χ0) is 21.3. The highest BCUT2D eigenvalue weighted by atomic mass is 16.3. The molecule has 8 nitrogen and oxygen atoms in total. The lowest BCUT2D eigenvalue weighted by atomic mass is 10.00. The molecule has 3 aromatic heterocycles. The molecule has 8 heteroatoms. The Morgan fingerprint density at radius 3 is 2.87 bits per heavy atom. The molecule has 0 aromatic carbocycles. The molecule has 4 heterocycles. The summed E-state index contributed by atoms with van der Waals surface area (Å²) in [5.74, 6) is 1.58. The number of rotatable bonds is 6. The second-order valence-electron chi connectivity index (χ2n) is 7.95.